The molecular weight excluding hydrogens is 240 g/mol. The summed E-state index contributed by atoms with van der Waals surface area (Å²) in [6.45, 7) is 0. The molecule has 19 heavy (non-hydrogen) atoms. The van der Waals surface area contributed by atoms with E-state index in [-0.39, 0.29) is 0 Å². The molecule has 1 heterocycles. The van der Waals surface area contributed by atoms with Crippen LogP contribution in [0.15, 0.2) is 60.9 Å². The van der Waals surface area contributed by atoms with Crippen molar-refractivity contribution in [3.8, 4) is 0 Å². The summed E-state index contributed by atoms with van der Waals surface area (Å²) in [7, 11) is 0. The van der Waals surface area contributed by atoms with Gasteiger partial charge in [0.2, 0.25) is 0 Å². The Hall–Kier alpha value is -2.82. The number of benzene rings is 2. The van der Waals surface area contributed by atoms with Gasteiger partial charge >= 0.3 is 6.03 Å². The van der Waals surface area contributed by atoms with Gasteiger partial charge in [-0.15, -0.1) is 0 Å². The molecule has 3 rings (SSSR count). The second-order valence-electron chi connectivity index (χ2n) is 4.07. The number of rotatable bonds is 2. The molecule has 0 radical (unpaired) electrons. The average Bonchev–Trinajstić information content (AvgIpc) is 2.93. The number of anilines is 1. The van der Waals surface area contributed by atoms with Gasteiger partial charge in [0.15, 0.2) is 0 Å². The van der Waals surface area contributed by atoms with Crippen LogP contribution in [0.25, 0.3) is 10.8 Å². The largest absolute Gasteiger partial charge is 0.350 e. The van der Waals surface area contributed by atoms with E-state index in [9.17, 15) is 4.79 Å². The van der Waals surface area contributed by atoms with Crippen molar-refractivity contribution in [1.82, 2.24) is 9.89 Å². The summed E-state index contributed by atoms with van der Waals surface area (Å²) in [5.41, 5.74) is 6.18. The van der Waals surface area contributed by atoms with Crippen molar-refractivity contribution in [3.05, 3.63) is 60.9 Å². The van der Waals surface area contributed by atoms with Crippen LogP contribution >= 0.6 is 0 Å². The maximum Gasteiger partial charge on any atom is 0.340 e. The van der Waals surface area contributed by atoms with Crippen molar-refractivity contribution in [1.29, 1.82) is 0 Å². The fourth-order valence-corrected chi connectivity index (χ4v) is 2.10. The van der Waals surface area contributed by atoms with Crippen molar-refractivity contribution >= 4 is 22.5 Å². The molecule has 3 aromatic rings. The highest BCUT2D eigenvalue weighted by Gasteiger charge is 2.17. The van der Waals surface area contributed by atoms with E-state index >= 15 is 0 Å². The number of carbonyl (C=O) groups is 1. The van der Waals surface area contributed by atoms with Crippen LogP contribution in [0.4, 0.5) is 10.5 Å². The van der Waals surface area contributed by atoms with Gasteiger partial charge in [-0.3, -0.25) is 0 Å². The van der Waals surface area contributed by atoms with E-state index in [4.69, 9.17) is 5.73 Å². The number of nitrogens with two attached hydrogens (primary N) is 1. The smallest absolute Gasteiger partial charge is 0.340 e. The first-order valence-electron chi connectivity index (χ1n) is 5.84. The second kappa shape index (κ2) is 4.45. The quantitative estimate of drug-likeness (QED) is 0.761. The molecule has 5 nitrogen and oxygen atoms in total. The molecule has 0 spiro atoms. The van der Waals surface area contributed by atoms with E-state index in [1.807, 2.05) is 42.5 Å². The highest BCUT2D eigenvalue weighted by molar-refractivity contribution is 6.02. The lowest BCUT2D eigenvalue weighted by molar-refractivity contribution is 0.251. The predicted octanol–water partition coefficient (Wildman–Crippen LogP) is 2.38. The molecule has 0 aliphatic carbocycles. The zero-order valence-electron chi connectivity index (χ0n) is 10.1. The van der Waals surface area contributed by atoms with Crippen LogP contribution in [0.2, 0.25) is 0 Å². The topological polar surface area (TPSA) is 64.2 Å². The molecule has 5 heteroatoms. The van der Waals surface area contributed by atoms with E-state index in [1.165, 1.54) is 9.80 Å². The van der Waals surface area contributed by atoms with Crippen molar-refractivity contribution < 1.29 is 4.79 Å². The Labute approximate surface area is 109 Å². The van der Waals surface area contributed by atoms with Crippen LogP contribution in [0, 0.1) is 0 Å². The highest BCUT2D eigenvalue weighted by Crippen LogP contribution is 2.26. The number of nitrogens with zero attached hydrogens (tertiary/aromatic N) is 3. The molecule has 0 atom stereocenters. The molecule has 0 fully saturated rings. The van der Waals surface area contributed by atoms with Crippen LogP contribution in [0.1, 0.15) is 0 Å². The molecule has 0 unspecified atom stereocenters. The number of carbonyl (C=O) groups excluding carboxylic acids is 1. The fraction of sp³-hybridized carbons (Fsp3) is 0. The average molecular weight is 252 g/mol. The van der Waals surface area contributed by atoms with Gasteiger partial charge in [0, 0.05) is 11.6 Å². The Morgan fingerprint density at radius 3 is 2.63 bits per heavy atom. The molecule has 0 saturated heterocycles. The molecule has 2 N–H and O–H groups in total. The summed E-state index contributed by atoms with van der Waals surface area (Å²) in [6, 6.07) is 14.7. The zero-order chi connectivity index (χ0) is 13.2. The monoisotopic (exact) mass is 252 g/mol. The van der Waals surface area contributed by atoms with Gasteiger partial charge in [0.25, 0.3) is 0 Å². The van der Waals surface area contributed by atoms with E-state index in [2.05, 4.69) is 5.10 Å². The first-order chi connectivity index (χ1) is 9.27. The number of primary amides is 1. The van der Waals surface area contributed by atoms with Gasteiger partial charge in [0.1, 0.15) is 0 Å². The molecule has 1 aromatic heterocycles. The molecule has 0 aliphatic rings. The van der Waals surface area contributed by atoms with Crippen molar-refractivity contribution in [2.75, 3.05) is 5.01 Å². The Morgan fingerprint density at radius 1 is 1.11 bits per heavy atom. The van der Waals surface area contributed by atoms with Crippen LogP contribution in [0.5, 0.6) is 0 Å². The summed E-state index contributed by atoms with van der Waals surface area (Å²) >= 11 is 0. The summed E-state index contributed by atoms with van der Waals surface area (Å²) in [4.78, 5) is 13.2. The number of fused-ring (bicyclic) bond motifs is 1. The van der Waals surface area contributed by atoms with Gasteiger partial charge in [0.05, 0.1) is 11.9 Å². The van der Waals surface area contributed by atoms with Crippen molar-refractivity contribution in [2.24, 2.45) is 5.73 Å². The highest BCUT2D eigenvalue weighted by atomic mass is 16.2. The fourth-order valence-electron chi connectivity index (χ4n) is 2.10. The van der Waals surface area contributed by atoms with Crippen LogP contribution < -0.4 is 10.7 Å². The number of hydrogen-bond donors (Lipinski definition) is 1. The minimum atomic E-state index is -0.583. The summed E-state index contributed by atoms with van der Waals surface area (Å²) in [6.07, 6.45) is 3.27. The lowest BCUT2D eigenvalue weighted by atomic mass is 10.1. The van der Waals surface area contributed by atoms with Gasteiger partial charge in [-0.2, -0.15) is 14.9 Å². The van der Waals surface area contributed by atoms with Crippen LogP contribution in [-0.2, 0) is 0 Å². The molecule has 0 aliphatic heterocycles. The van der Waals surface area contributed by atoms with E-state index < -0.39 is 6.03 Å². The first-order valence-corrected chi connectivity index (χ1v) is 5.84. The molecule has 2 aromatic carbocycles. The maximum atomic E-state index is 11.7. The molecule has 94 valence electrons. The van der Waals surface area contributed by atoms with Gasteiger partial charge in [-0.25, -0.2) is 4.79 Å². The standard InChI is InChI=1S/C14H12N4O/c15-14(19)18(17-10-4-9-16-17)13-8-3-6-11-5-1-2-7-12(11)13/h1-10H,(H2,15,19). The Balaban J connectivity index is 2.24. The summed E-state index contributed by atoms with van der Waals surface area (Å²) in [5.74, 6) is 0. The number of aromatic nitrogens is 2. The third-order valence-corrected chi connectivity index (χ3v) is 2.90. The van der Waals surface area contributed by atoms with Gasteiger partial charge in [-0.1, -0.05) is 36.4 Å². The predicted molar refractivity (Wildman–Crippen MR) is 73.6 cm³/mol. The number of amides is 2. The number of hydrogen-bond acceptors (Lipinski definition) is 2. The van der Waals surface area contributed by atoms with Crippen LogP contribution in [-0.4, -0.2) is 15.9 Å². The molecule has 0 saturated carbocycles. The zero-order valence-corrected chi connectivity index (χ0v) is 10.1. The van der Waals surface area contributed by atoms with E-state index in [1.54, 1.807) is 18.5 Å². The lowest BCUT2D eigenvalue weighted by Gasteiger charge is -2.21. The molecular formula is C14H12N4O. The minimum Gasteiger partial charge on any atom is -0.350 e. The second-order valence-corrected chi connectivity index (χ2v) is 4.07. The third-order valence-electron chi connectivity index (χ3n) is 2.90. The Kier molecular flexibility index (Phi) is 2.64. The number of urea groups is 1. The van der Waals surface area contributed by atoms with Crippen molar-refractivity contribution in [2.45, 2.75) is 0 Å². The lowest BCUT2D eigenvalue weighted by Crippen LogP contribution is -2.40. The van der Waals surface area contributed by atoms with E-state index in [0.29, 0.717) is 5.69 Å². The van der Waals surface area contributed by atoms with Crippen molar-refractivity contribution in [3.63, 3.8) is 0 Å². The normalized spacial score (nSPS) is 10.5. The van der Waals surface area contributed by atoms with E-state index in [0.717, 1.165) is 10.8 Å². The maximum absolute atomic E-state index is 11.7. The van der Waals surface area contributed by atoms with Gasteiger partial charge < -0.3 is 5.73 Å². The minimum absolute atomic E-state index is 0.583. The Bertz CT molecular complexity index is 716. The van der Waals surface area contributed by atoms with Gasteiger partial charge in [-0.05, 0) is 17.5 Å². The third kappa shape index (κ3) is 1.91. The molecule has 0 bridgehead atoms. The summed E-state index contributed by atoms with van der Waals surface area (Å²) in [5, 5.41) is 7.38. The SMILES string of the molecule is NC(=O)N(c1cccc2ccccc12)n1cccn1. The molecule has 2 amide bonds. The first kappa shape index (κ1) is 11.3. The Morgan fingerprint density at radius 2 is 1.89 bits per heavy atom. The summed E-state index contributed by atoms with van der Waals surface area (Å²) < 4.78 is 0. The van der Waals surface area contributed by atoms with Crippen LogP contribution in [0.3, 0.4) is 0 Å².